The SMILES string of the molecule is O=C(NNC(=O)C(F)(F)F)c1ccc(CN(C(=O)N2CCS(=O)(=O)CC2)c2ccc(-c3ccoc3)cc2)cc1. The van der Waals surface area contributed by atoms with Gasteiger partial charge in [-0.25, -0.2) is 13.2 Å². The summed E-state index contributed by atoms with van der Waals surface area (Å²) in [6, 6.07) is 14.2. The molecule has 206 valence electrons. The topological polar surface area (TPSA) is 129 Å². The number of carbonyl (C=O) groups is 3. The van der Waals surface area contributed by atoms with Crippen LogP contribution in [0.15, 0.2) is 71.5 Å². The highest BCUT2D eigenvalue weighted by Gasteiger charge is 2.39. The van der Waals surface area contributed by atoms with Gasteiger partial charge in [-0.2, -0.15) is 13.2 Å². The fraction of sp³-hybridized carbons (Fsp3) is 0.240. The lowest BCUT2D eigenvalue weighted by atomic mass is 10.1. The number of furan rings is 1. The van der Waals surface area contributed by atoms with Gasteiger partial charge in [-0.05, 0) is 41.5 Å². The number of halogens is 3. The van der Waals surface area contributed by atoms with E-state index in [4.69, 9.17) is 4.42 Å². The van der Waals surface area contributed by atoms with Crippen molar-refractivity contribution in [3.63, 3.8) is 0 Å². The van der Waals surface area contributed by atoms with Gasteiger partial charge in [0.25, 0.3) is 5.91 Å². The number of carbonyl (C=O) groups excluding carboxylic acids is 3. The molecule has 0 atom stereocenters. The zero-order chi connectivity index (χ0) is 28.2. The van der Waals surface area contributed by atoms with Crippen LogP contribution in [0.25, 0.3) is 11.1 Å². The van der Waals surface area contributed by atoms with E-state index in [1.54, 1.807) is 29.9 Å². The van der Waals surface area contributed by atoms with Crippen LogP contribution in [0.2, 0.25) is 0 Å². The quantitative estimate of drug-likeness (QED) is 0.459. The number of nitrogens with one attached hydrogen (secondary N) is 2. The molecule has 0 bridgehead atoms. The third-order valence-electron chi connectivity index (χ3n) is 5.98. The van der Waals surface area contributed by atoms with Crippen LogP contribution < -0.4 is 15.8 Å². The number of benzene rings is 2. The van der Waals surface area contributed by atoms with Gasteiger partial charge in [0.1, 0.15) is 0 Å². The molecule has 0 spiro atoms. The van der Waals surface area contributed by atoms with Crippen LogP contribution in [-0.2, 0) is 21.2 Å². The second-order valence-electron chi connectivity index (χ2n) is 8.67. The minimum atomic E-state index is -5.15. The van der Waals surface area contributed by atoms with Crippen LogP contribution in [0.1, 0.15) is 15.9 Å². The van der Waals surface area contributed by atoms with Crippen molar-refractivity contribution in [3.8, 4) is 11.1 Å². The van der Waals surface area contributed by atoms with E-state index < -0.39 is 33.9 Å². The van der Waals surface area contributed by atoms with E-state index in [0.29, 0.717) is 11.3 Å². The molecule has 2 N–H and O–H groups in total. The predicted octanol–water partition coefficient (Wildman–Crippen LogP) is 3.13. The number of sulfone groups is 1. The molecule has 0 radical (unpaired) electrons. The molecule has 0 saturated carbocycles. The molecule has 14 heteroatoms. The minimum Gasteiger partial charge on any atom is -0.472 e. The number of hydrogen-bond acceptors (Lipinski definition) is 6. The van der Waals surface area contributed by atoms with Crippen molar-refractivity contribution >= 4 is 33.4 Å². The second-order valence-corrected chi connectivity index (χ2v) is 11.0. The van der Waals surface area contributed by atoms with Gasteiger partial charge in [0.05, 0.1) is 30.6 Å². The summed E-state index contributed by atoms with van der Waals surface area (Å²) in [7, 11) is -3.21. The maximum Gasteiger partial charge on any atom is 0.472 e. The Morgan fingerprint density at radius 2 is 1.54 bits per heavy atom. The monoisotopic (exact) mass is 564 g/mol. The third-order valence-corrected chi connectivity index (χ3v) is 7.59. The van der Waals surface area contributed by atoms with Crippen molar-refractivity contribution in [2.24, 2.45) is 0 Å². The smallest absolute Gasteiger partial charge is 0.472 e. The summed E-state index contributed by atoms with van der Waals surface area (Å²) in [5.74, 6) is -3.55. The number of amides is 4. The fourth-order valence-corrected chi connectivity index (χ4v) is 5.01. The summed E-state index contributed by atoms with van der Waals surface area (Å²) in [4.78, 5) is 39.4. The van der Waals surface area contributed by atoms with Crippen molar-refractivity contribution < 1.29 is 40.4 Å². The highest BCUT2D eigenvalue weighted by atomic mass is 32.2. The molecule has 1 aliphatic rings. The number of rotatable bonds is 5. The lowest BCUT2D eigenvalue weighted by molar-refractivity contribution is -0.174. The van der Waals surface area contributed by atoms with Gasteiger partial charge in [-0.15, -0.1) is 0 Å². The fourth-order valence-electron chi connectivity index (χ4n) is 3.81. The Balaban J connectivity index is 1.51. The highest BCUT2D eigenvalue weighted by molar-refractivity contribution is 7.91. The molecule has 3 aromatic rings. The average molecular weight is 565 g/mol. The summed E-state index contributed by atoms with van der Waals surface area (Å²) in [6.07, 6.45) is -2.03. The van der Waals surface area contributed by atoms with E-state index in [2.05, 4.69) is 0 Å². The van der Waals surface area contributed by atoms with Gasteiger partial charge < -0.3 is 9.32 Å². The Kier molecular flexibility index (Phi) is 7.95. The Morgan fingerprint density at radius 1 is 0.897 bits per heavy atom. The molecule has 4 amide bonds. The number of alkyl halides is 3. The number of anilines is 1. The van der Waals surface area contributed by atoms with Gasteiger partial charge in [0, 0.05) is 29.9 Å². The molecule has 1 aromatic heterocycles. The normalized spacial score (nSPS) is 14.9. The molecule has 1 fully saturated rings. The van der Waals surface area contributed by atoms with Crippen molar-refractivity contribution in [2.45, 2.75) is 12.7 Å². The number of hydrazine groups is 1. The van der Waals surface area contributed by atoms with Crippen molar-refractivity contribution in [3.05, 3.63) is 78.3 Å². The third kappa shape index (κ3) is 6.96. The summed E-state index contributed by atoms with van der Waals surface area (Å²) in [5.41, 5.74) is 5.79. The van der Waals surface area contributed by atoms with Gasteiger partial charge in [-0.3, -0.25) is 25.3 Å². The van der Waals surface area contributed by atoms with E-state index in [-0.39, 0.29) is 36.7 Å². The molecule has 0 aliphatic carbocycles. The van der Waals surface area contributed by atoms with Crippen LogP contribution in [0.4, 0.5) is 23.7 Å². The van der Waals surface area contributed by atoms with E-state index in [1.807, 2.05) is 12.1 Å². The zero-order valence-electron chi connectivity index (χ0n) is 20.3. The molecular weight excluding hydrogens is 541 g/mol. The van der Waals surface area contributed by atoms with Crippen molar-refractivity contribution in [1.82, 2.24) is 15.8 Å². The van der Waals surface area contributed by atoms with Crippen LogP contribution in [-0.4, -0.2) is 61.9 Å². The van der Waals surface area contributed by atoms with Gasteiger partial charge in [0.15, 0.2) is 9.84 Å². The Hall–Kier alpha value is -4.33. The van der Waals surface area contributed by atoms with E-state index >= 15 is 0 Å². The van der Waals surface area contributed by atoms with E-state index in [1.165, 1.54) is 45.8 Å². The summed E-state index contributed by atoms with van der Waals surface area (Å²) < 4.78 is 65.8. The average Bonchev–Trinajstić information content (AvgIpc) is 3.45. The Morgan fingerprint density at radius 3 is 2.10 bits per heavy atom. The van der Waals surface area contributed by atoms with Crippen LogP contribution in [0, 0.1) is 0 Å². The second kappa shape index (κ2) is 11.2. The van der Waals surface area contributed by atoms with Crippen molar-refractivity contribution in [2.75, 3.05) is 29.5 Å². The summed E-state index contributed by atoms with van der Waals surface area (Å²) in [5, 5.41) is 0. The molecule has 4 rings (SSSR count). The minimum absolute atomic E-state index is 0.0233. The molecule has 1 aliphatic heterocycles. The molecule has 2 heterocycles. The largest absolute Gasteiger partial charge is 0.472 e. The van der Waals surface area contributed by atoms with E-state index in [9.17, 15) is 36.0 Å². The number of nitrogens with zero attached hydrogens (tertiary/aromatic N) is 2. The van der Waals surface area contributed by atoms with Crippen LogP contribution >= 0.6 is 0 Å². The number of urea groups is 1. The molecule has 10 nitrogen and oxygen atoms in total. The zero-order valence-corrected chi connectivity index (χ0v) is 21.1. The standard InChI is InChI=1S/C25H23F3N4O6S/c26-25(27,28)23(34)30-29-22(33)19-3-1-17(2-4-19)15-32(24(35)31-10-13-39(36,37)14-11-31)21-7-5-18(6-8-21)20-9-12-38-16-20/h1-9,12,16H,10-11,13-15H2,(H,29,33)(H,30,34). The first-order valence-electron chi connectivity index (χ1n) is 11.6. The van der Waals surface area contributed by atoms with Crippen molar-refractivity contribution in [1.29, 1.82) is 0 Å². The van der Waals surface area contributed by atoms with E-state index in [0.717, 1.165) is 11.1 Å². The molecule has 2 aromatic carbocycles. The molecule has 1 saturated heterocycles. The lowest BCUT2D eigenvalue weighted by Crippen LogP contribution is -2.49. The summed E-state index contributed by atoms with van der Waals surface area (Å²) >= 11 is 0. The Labute approximate surface area is 221 Å². The Bertz CT molecular complexity index is 1430. The maximum absolute atomic E-state index is 13.5. The summed E-state index contributed by atoms with van der Waals surface area (Å²) in [6.45, 7) is 0.154. The lowest BCUT2D eigenvalue weighted by Gasteiger charge is -2.33. The molecule has 0 unspecified atom stereocenters. The first kappa shape index (κ1) is 27.7. The van der Waals surface area contributed by atoms with Gasteiger partial charge >= 0.3 is 18.1 Å². The van der Waals surface area contributed by atoms with Gasteiger partial charge in [-0.1, -0.05) is 24.3 Å². The first-order chi connectivity index (χ1) is 18.4. The predicted molar refractivity (Wildman–Crippen MR) is 134 cm³/mol. The number of hydrogen-bond donors (Lipinski definition) is 2. The molecule has 39 heavy (non-hydrogen) atoms. The van der Waals surface area contributed by atoms with Crippen LogP contribution in [0.3, 0.4) is 0 Å². The maximum atomic E-state index is 13.5. The van der Waals surface area contributed by atoms with Crippen LogP contribution in [0.5, 0.6) is 0 Å². The highest BCUT2D eigenvalue weighted by Crippen LogP contribution is 2.26. The van der Waals surface area contributed by atoms with Gasteiger partial charge in [0.2, 0.25) is 0 Å². The molecular formula is C25H23F3N4O6S. The first-order valence-corrected chi connectivity index (χ1v) is 13.4.